The van der Waals surface area contributed by atoms with E-state index in [9.17, 15) is 5.11 Å². The number of rotatable bonds is 5. The fourth-order valence-electron chi connectivity index (χ4n) is 2.01. The highest BCUT2D eigenvalue weighted by Gasteiger charge is 2.13. The van der Waals surface area contributed by atoms with Gasteiger partial charge in [0.25, 0.3) is 0 Å². The molecule has 1 aromatic carbocycles. The van der Waals surface area contributed by atoms with Crippen LogP contribution in [0.15, 0.2) is 18.2 Å². The summed E-state index contributed by atoms with van der Waals surface area (Å²) < 4.78 is 0. The van der Waals surface area contributed by atoms with E-state index in [2.05, 4.69) is 22.2 Å². The first-order valence-corrected chi connectivity index (χ1v) is 6.62. The summed E-state index contributed by atoms with van der Waals surface area (Å²) in [6.07, 6.45) is 1.80. The standard InChI is InChI=1S/C13H17ClN4O/c1-2-4-8(7-19)16-12-11-9(14)5-3-6-10(11)17-13(15)18-12/h3,5-6,8,19H,2,4,7H2,1H3,(H3,15,16,17,18)/t8-/m0/s1. The van der Waals surface area contributed by atoms with Crippen LogP contribution in [-0.4, -0.2) is 27.7 Å². The van der Waals surface area contributed by atoms with E-state index in [4.69, 9.17) is 17.3 Å². The number of nitrogens with two attached hydrogens (primary N) is 1. The second kappa shape index (κ2) is 6.04. The number of anilines is 2. The number of fused-ring (bicyclic) bond motifs is 1. The summed E-state index contributed by atoms with van der Waals surface area (Å²) in [5.74, 6) is 0.756. The van der Waals surface area contributed by atoms with Crippen molar-refractivity contribution >= 4 is 34.3 Å². The lowest BCUT2D eigenvalue weighted by atomic mass is 10.1. The van der Waals surface area contributed by atoms with Gasteiger partial charge in [-0.1, -0.05) is 31.0 Å². The predicted molar refractivity (Wildman–Crippen MR) is 78.4 cm³/mol. The van der Waals surface area contributed by atoms with Gasteiger partial charge in [0.15, 0.2) is 0 Å². The second-order valence-corrected chi connectivity index (χ2v) is 4.78. The number of aliphatic hydroxyl groups excluding tert-OH is 1. The van der Waals surface area contributed by atoms with E-state index in [1.165, 1.54) is 0 Å². The number of aromatic nitrogens is 2. The molecule has 0 fully saturated rings. The zero-order valence-corrected chi connectivity index (χ0v) is 11.5. The van der Waals surface area contributed by atoms with Crippen LogP contribution >= 0.6 is 11.6 Å². The SMILES string of the molecule is CCC[C@@H](CO)Nc1nc(N)nc2cccc(Cl)c12. The first kappa shape index (κ1) is 13.8. The zero-order chi connectivity index (χ0) is 13.8. The van der Waals surface area contributed by atoms with Gasteiger partial charge in [0.2, 0.25) is 5.95 Å². The monoisotopic (exact) mass is 280 g/mol. The average Bonchev–Trinajstić information content (AvgIpc) is 2.37. The molecule has 0 spiro atoms. The van der Waals surface area contributed by atoms with Crippen molar-refractivity contribution in [2.24, 2.45) is 0 Å². The number of nitrogen functional groups attached to an aromatic ring is 1. The summed E-state index contributed by atoms with van der Waals surface area (Å²) in [6, 6.07) is 5.36. The number of nitrogens with one attached hydrogen (secondary N) is 1. The van der Waals surface area contributed by atoms with Crippen LogP contribution < -0.4 is 11.1 Å². The van der Waals surface area contributed by atoms with E-state index in [0.29, 0.717) is 16.4 Å². The van der Waals surface area contributed by atoms with Crippen LogP contribution in [0.4, 0.5) is 11.8 Å². The fraction of sp³-hybridized carbons (Fsp3) is 0.385. The lowest BCUT2D eigenvalue weighted by Crippen LogP contribution is -2.24. The topological polar surface area (TPSA) is 84.1 Å². The Balaban J connectivity index is 2.46. The van der Waals surface area contributed by atoms with Crippen LogP contribution in [-0.2, 0) is 0 Å². The number of nitrogens with zero attached hydrogens (tertiary/aromatic N) is 2. The molecule has 0 saturated carbocycles. The second-order valence-electron chi connectivity index (χ2n) is 4.38. The maximum Gasteiger partial charge on any atom is 0.222 e. The molecule has 0 bridgehead atoms. The van der Waals surface area contributed by atoms with E-state index >= 15 is 0 Å². The van der Waals surface area contributed by atoms with Gasteiger partial charge in [0, 0.05) is 0 Å². The molecule has 1 atom stereocenters. The largest absolute Gasteiger partial charge is 0.394 e. The number of benzene rings is 1. The molecule has 0 amide bonds. The molecule has 1 aromatic heterocycles. The molecule has 0 aliphatic rings. The van der Waals surface area contributed by atoms with Gasteiger partial charge >= 0.3 is 0 Å². The van der Waals surface area contributed by atoms with Crippen LogP contribution in [0.5, 0.6) is 0 Å². The molecule has 0 saturated heterocycles. The van der Waals surface area contributed by atoms with Gasteiger partial charge in [0.1, 0.15) is 5.82 Å². The Morgan fingerprint density at radius 1 is 1.42 bits per heavy atom. The fourth-order valence-corrected chi connectivity index (χ4v) is 2.27. The van der Waals surface area contributed by atoms with Crippen LogP contribution in [0.25, 0.3) is 10.9 Å². The first-order valence-electron chi connectivity index (χ1n) is 6.24. The van der Waals surface area contributed by atoms with Gasteiger partial charge in [-0.2, -0.15) is 4.98 Å². The van der Waals surface area contributed by atoms with Crippen LogP contribution in [0.3, 0.4) is 0 Å². The highest BCUT2D eigenvalue weighted by molar-refractivity contribution is 6.36. The summed E-state index contributed by atoms with van der Waals surface area (Å²) in [5, 5.41) is 13.8. The van der Waals surface area contributed by atoms with Gasteiger partial charge in [0.05, 0.1) is 28.6 Å². The molecule has 4 N–H and O–H groups in total. The third-order valence-corrected chi connectivity index (χ3v) is 3.20. The molecule has 19 heavy (non-hydrogen) atoms. The minimum absolute atomic E-state index is 0.0314. The van der Waals surface area contributed by atoms with E-state index in [-0.39, 0.29) is 18.6 Å². The van der Waals surface area contributed by atoms with Crippen LogP contribution in [0, 0.1) is 0 Å². The van der Waals surface area contributed by atoms with Gasteiger partial charge in [-0.25, -0.2) is 4.98 Å². The van der Waals surface area contributed by atoms with Crippen molar-refractivity contribution < 1.29 is 5.11 Å². The Labute approximate surface area is 116 Å². The van der Waals surface area contributed by atoms with E-state index in [1.807, 2.05) is 12.1 Å². The number of aliphatic hydroxyl groups is 1. The first-order chi connectivity index (χ1) is 9.15. The summed E-state index contributed by atoms with van der Waals surface area (Å²) in [7, 11) is 0. The van der Waals surface area contributed by atoms with Crippen molar-refractivity contribution in [2.75, 3.05) is 17.7 Å². The Kier molecular flexibility index (Phi) is 4.39. The third-order valence-electron chi connectivity index (χ3n) is 2.89. The smallest absolute Gasteiger partial charge is 0.222 e. The van der Waals surface area contributed by atoms with Gasteiger partial charge in [-0.15, -0.1) is 0 Å². The molecular weight excluding hydrogens is 264 g/mol. The molecule has 5 nitrogen and oxygen atoms in total. The van der Waals surface area contributed by atoms with Crippen molar-refractivity contribution in [2.45, 2.75) is 25.8 Å². The predicted octanol–water partition coefficient (Wildman–Crippen LogP) is 2.44. The molecule has 1 heterocycles. The molecule has 102 valence electrons. The Hall–Kier alpha value is -1.59. The Morgan fingerprint density at radius 2 is 2.21 bits per heavy atom. The van der Waals surface area contributed by atoms with Crippen molar-refractivity contribution in [3.05, 3.63) is 23.2 Å². The van der Waals surface area contributed by atoms with E-state index < -0.39 is 0 Å². The van der Waals surface area contributed by atoms with E-state index in [1.54, 1.807) is 6.07 Å². The molecule has 0 radical (unpaired) electrons. The quantitative estimate of drug-likeness (QED) is 0.783. The van der Waals surface area contributed by atoms with Crippen molar-refractivity contribution in [1.29, 1.82) is 0 Å². The van der Waals surface area contributed by atoms with E-state index in [0.717, 1.165) is 18.2 Å². The summed E-state index contributed by atoms with van der Waals surface area (Å²) >= 11 is 6.19. The van der Waals surface area contributed by atoms with Gasteiger partial charge in [-0.3, -0.25) is 0 Å². The maximum absolute atomic E-state index is 9.36. The highest BCUT2D eigenvalue weighted by Crippen LogP contribution is 2.29. The van der Waals surface area contributed by atoms with Crippen molar-refractivity contribution in [3.8, 4) is 0 Å². The Bertz CT molecular complexity index is 576. The summed E-state index contributed by atoms with van der Waals surface area (Å²) in [5.41, 5.74) is 6.39. The average molecular weight is 281 g/mol. The summed E-state index contributed by atoms with van der Waals surface area (Å²) in [4.78, 5) is 8.35. The van der Waals surface area contributed by atoms with Crippen molar-refractivity contribution in [3.63, 3.8) is 0 Å². The van der Waals surface area contributed by atoms with Crippen LogP contribution in [0.1, 0.15) is 19.8 Å². The molecular formula is C13H17ClN4O. The van der Waals surface area contributed by atoms with Gasteiger partial charge < -0.3 is 16.2 Å². The number of hydrogen-bond acceptors (Lipinski definition) is 5. The molecule has 2 aromatic rings. The Morgan fingerprint density at radius 3 is 2.89 bits per heavy atom. The zero-order valence-electron chi connectivity index (χ0n) is 10.7. The minimum atomic E-state index is -0.0706. The molecule has 2 rings (SSSR count). The highest BCUT2D eigenvalue weighted by atomic mass is 35.5. The lowest BCUT2D eigenvalue weighted by molar-refractivity contribution is 0.268. The lowest BCUT2D eigenvalue weighted by Gasteiger charge is -2.17. The number of halogens is 1. The van der Waals surface area contributed by atoms with Gasteiger partial charge in [-0.05, 0) is 18.6 Å². The maximum atomic E-state index is 9.36. The molecule has 6 heteroatoms. The molecule has 0 aliphatic heterocycles. The molecule has 0 aliphatic carbocycles. The normalized spacial score (nSPS) is 12.6. The third kappa shape index (κ3) is 3.05. The van der Waals surface area contributed by atoms with Crippen molar-refractivity contribution in [1.82, 2.24) is 9.97 Å². The molecule has 0 unspecified atom stereocenters. The van der Waals surface area contributed by atoms with Crippen LogP contribution in [0.2, 0.25) is 5.02 Å². The minimum Gasteiger partial charge on any atom is -0.394 e. The summed E-state index contributed by atoms with van der Waals surface area (Å²) in [6.45, 7) is 2.09. The number of hydrogen-bond donors (Lipinski definition) is 3.